The molecule has 0 rings (SSSR count). The average Bonchev–Trinajstić information content (AvgIpc) is 2.22. The second-order valence-electron chi connectivity index (χ2n) is 2.73. The molecular formula is C7H16NO6P. The first-order chi connectivity index (χ1) is 6.95. The highest BCUT2D eigenvalue weighted by atomic mass is 31.2. The Hall–Kier alpha value is -0.460. The highest BCUT2D eigenvalue weighted by molar-refractivity contribution is 7.53. The van der Waals surface area contributed by atoms with Crippen LogP contribution >= 0.6 is 7.60 Å². The van der Waals surface area contributed by atoms with Crippen LogP contribution in [0.3, 0.4) is 0 Å². The predicted molar refractivity (Wildman–Crippen MR) is 52.4 cm³/mol. The Morgan fingerprint density at radius 1 is 1.60 bits per heavy atom. The first kappa shape index (κ1) is 14.5. The van der Waals surface area contributed by atoms with E-state index in [0.29, 0.717) is 0 Å². The van der Waals surface area contributed by atoms with Gasteiger partial charge in [-0.1, -0.05) is 0 Å². The van der Waals surface area contributed by atoms with E-state index in [0.717, 1.165) is 0 Å². The number of carboxylic acids is 1. The lowest BCUT2D eigenvalue weighted by Crippen LogP contribution is -2.31. The SMILES string of the molecule is CCOOP(=O)(CCC(N)C(=O)O)OC. The standard InChI is InChI=1S/C7H16NO6P/c1-3-13-14-15(11,12-2)5-4-6(8)7(9)10/h6H,3-5,8H2,1-2H3,(H,9,10). The molecule has 0 aromatic heterocycles. The van der Waals surface area contributed by atoms with Crippen LogP contribution in [0.5, 0.6) is 0 Å². The van der Waals surface area contributed by atoms with Crippen molar-refractivity contribution in [2.45, 2.75) is 19.4 Å². The monoisotopic (exact) mass is 241 g/mol. The van der Waals surface area contributed by atoms with Crippen molar-refractivity contribution in [3.8, 4) is 0 Å². The average molecular weight is 241 g/mol. The van der Waals surface area contributed by atoms with Gasteiger partial charge in [0.1, 0.15) is 6.04 Å². The van der Waals surface area contributed by atoms with Crippen molar-refractivity contribution in [3.63, 3.8) is 0 Å². The molecule has 0 spiro atoms. The predicted octanol–water partition coefficient (Wildman–Crippen LogP) is 0.596. The van der Waals surface area contributed by atoms with Crippen molar-refractivity contribution in [3.05, 3.63) is 0 Å². The van der Waals surface area contributed by atoms with Gasteiger partial charge in [0.05, 0.1) is 12.8 Å². The van der Waals surface area contributed by atoms with Crippen molar-refractivity contribution in [1.29, 1.82) is 0 Å². The molecule has 0 aliphatic rings. The van der Waals surface area contributed by atoms with Crippen LogP contribution in [0.15, 0.2) is 0 Å². The Balaban J connectivity index is 4.08. The number of hydrogen-bond donors (Lipinski definition) is 2. The maximum absolute atomic E-state index is 11.6. The third-order valence-corrected chi connectivity index (χ3v) is 3.29. The van der Waals surface area contributed by atoms with E-state index in [1.807, 2.05) is 0 Å². The molecule has 0 saturated heterocycles. The minimum Gasteiger partial charge on any atom is -0.480 e. The van der Waals surface area contributed by atoms with Gasteiger partial charge >= 0.3 is 13.6 Å². The lowest BCUT2D eigenvalue weighted by molar-refractivity contribution is -0.209. The Kier molecular flexibility index (Phi) is 6.71. The molecule has 3 N–H and O–H groups in total. The molecule has 15 heavy (non-hydrogen) atoms. The second-order valence-corrected chi connectivity index (χ2v) is 4.91. The number of carbonyl (C=O) groups is 1. The van der Waals surface area contributed by atoms with Crippen LogP contribution in [0.25, 0.3) is 0 Å². The van der Waals surface area contributed by atoms with Gasteiger partial charge in [-0.25, -0.2) is 4.89 Å². The van der Waals surface area contributed by atoms with Crippen LogP contribution in [-0.4, -0.2) is 37.0 Å². The Morgan fingerprint density at radius 2 is 2.20 bits per heavy atom. The van der Waals surface area contributed by atoms with E-state index < -0.39 is 19.6 Å². The van der Waals surface area contributed by atoms with Gasteiger partial charge in [0.15, 0.2) is 0 Å². The molecule has 0 amide bonds. The van der Waals surface area contributed by atoms with Gasteiger partial charge in [-0.15, -0.1) is 4.67 Å². The summed E-state index contributed by atoms with van der Waals surface area (Å²) in [6.45, 7) is 1.88. The number of carboxylic acid groups (broad SMARTS) is 1. The van der Waals surface area contributed by atoms with Gasteiger partial charge in [0.2, 0.25) is 0 Å². The largest absolute Gasteiger partial charge is 0.480 e. The Bertz CT molecular complexity index is 246. The second kappa shape index (κ2) is 6.92. The summed E-state index contributed by atoms with van der Waals surface area (Å²) >= 11 is 0. The molecule has 0 aromatic rings. The van der Waals surface area contributed by atoms with Gasteiger partial charge in [0.25, 0.3) is 0 Å². The number of nitrogens with two attached hydrogens (primary N) is 1. The summed E-state index contributed by atoms with van der Waals surface area (Å²) in [4.78, 5) is 14.9. The van der Waals surface area contributed by atoms with Crippen LogP contribution in [0, 0.1) is 0 Å². The summed E-state index contributed by atoms with van der Waals surface area (Å²) in [5.74, 6) is -1.16. The third kappa shape index (κ3) is 5.86. The first-order valence-electron chi connectivity index (χ1n) is 4.39. The highest BCUT2D eigenvalue weighted by Crippen LogP contribution is 2.48. The van der Waals surface area contributed by atoms with Gasteiger partial charge < -0.3 is 15.4 Å². The molecule has 2 atom stereocenters. The van der Waals surface area contributed by atoms with Gasteiger partial charge in [-0.2, -0.15) is 0 Å². The molecule has 0 aliphatic heterocycles. The molecule has 7 nitrogen and oxygen atoms in total. The lowest BCUT2D eigenvalue weighted by Gasteiger charge is -2.15. The molecule has 2 unspecified atom stereocenters. The van der Waals surface area contributed by atoms with E-state index in [-0.39, 0.29) is 19.2 Å². The summed E-state index contributed by atoms with van der Waals surface area (Å²) in [6.07, 6.45) is -0.107. The zero-order valence-electron chi connectivity index (χ0n) is 8.71. The molecule has 0 fully saturated rings. The van der Waals surface area contributed by atoms with Gasteiger partial charge in [-0.05, 0) is 13.3 Å². The number of hydrogen-bond acceptors (Lipinski definition) is 6. The molecule has 0 saturated carbocycles. The van der Waals surface area contributed by atoms with Crippen LogP contribution in [0.1, 0.15) is 13.3 Å². The lowest BCUT2D eigenvalue weighted by atomic mass is 10.2. The van der Waals surface area contributed by atoms with Gasteiger partial charge in [-0.3, -0.25) is 9.36 Å². The molecule has 8 heteroatoms. The summed E-state index contributed by atoms with van der Waals surface area (Å²) < 4.78 is 20.8. The van der Waals surface area contributed by atoms with E-state index in [4.69, 9.17) is 10.8 Å². The van der Waals surface area contributed by atoms with E-state index in [1.165, 1.54) is 7.11 Å². The normalized spacial score (nSPS) is 17.0. The minimum absolute atomic E-state index is 0.00642. The number of rotatable bonds is 8. The topological polar surface area (TPSA) is 108 Å². The number of aliphatic carboxylic acids is 1. The van der Waals surface area contributed by atoms with Crippen molar-refractivity contribution < 1.29 is 28.6 Å². The van der Waals surface area contributed by atoms with Crippen LogP contribution in [0.4, 0.5) is 0 Å². The van der Waals surface area contributed by atoms with E-state index in [9.17, 15) is 9.36 Å². The van der Waals surface area contributed by atoms with Crippen molar-refractivity contribution in [2.24, 2.45) is 5.73 Å². The third-order valence-electron chi connectivity index (χ3n) is 1.59. The molecular weight excluding hydrogens is 225 g/mol. The van der Waals surface area contributed by atoms with Crippen molar-refractivity contribution in [1.82, 2.24) is 0 Å². The quantitative estimate of drug-likeness (QED) is 0.363. The van der Waals surface area contributed by atoms with E-state index in [1.54, 1.807) is 6.92 Å². The fourth-order valence-corrected chi connectivity index (χ4v) is 1.89. The zero-order chi connectivity index (χ0) is 11.9. The Labute approximate surface area is 88.0 Å². The van der Waals surface area contributed by atoms with Crippen LogP contribution in [-0.2, 0) is 23.4 Å². The molecule has 0 heterocycles. The first-order valence-corrected chi connectivity index (χ1v) is 6.12. The van der Waals surface area contributed by atoms with Gasteiger partial charge in [0, 0.05) is 7.11 Å². The molecule has 90 valence electrons. The van der Waals surface area contributed by atoms with Crippen molar-refractivity contribution in [2.75, 3.05) is 19.9 Å². The smallest absolute Gasteiger partial charge is 0.357 e. The molecule has 0 radical (unpaired) electrons. The van der Waals surface area contributed by atoms with E-state index in [2.05, 4.69) is 14.1 Å². The molecule has 0 aromatic carbocycles. The van der Waals surface area contributed by atoms with Crippen molar-refractivity contribution >= 4 is 13.6 Å². The summed E-state index contributed by atoms with van der Waals surface area (Å²) in [6, 6.07) is -1.08. The Morgan fingerprint density at radius 3 is 2.60 bits per heavy atom. The fourth-order valence-electron chi connectivity index (χ4n) is 0.713. The maximum atomic E-state index is 11.6. The zero-order valence-corrected chi connectivity index (χ0v) is 9.61. The fraction of sp³-hybridized carbons (Fsp3) is 0.857. The highest BCUT2D eigenvalue weighted by Gasteiger charge is 2.26. The maximum Gasteiger partial charge on any atom is 0.357 e. The van der Waals surface area contributed by atoms with Crippen LogP contribution < -0.4 is 5.73 Å². The summed E-state index contributed by atoms with van der Waals surface area (Å²) in [5.41, 5.74) is 5.23. The molecule has 0 bridgehead atoms. The van der Waals surface area contributed by atoms with E-state index >= 15 is 0 Å². The molecule has 0 aliphatic carbocycles. The summed E-state index contributed by atoms with van der Waals surface area (Å²) in [5, 5.41) is 8.50. The minimum atomic E-state index is -3.38. The van der Waals surface area contributed by atoms with Crippen LogP contribution in [0.2, 0.25) is 0 Å². The summed E-state index contributed by atoms with van der Waals surface area (Å²) in [7, 11) is -2.18.